The van der Waals surface area contributed by atoms with Crippen molar-refractivity contribution in [2.75, 3.05) is 6.54 Å². The smallest absolute Gasteiger partial charge is 0.320 e. The molecule has 2 N–H and O–H groups in total. The standard InChI is InChI=1S/C10H16N2O2/c11-6-2-1-3-7-12-9(10(13)14)8-4-5-8/h8-9,12H,1-5,7H2,(H,13,14). The number of hydrogen-bond acceptors (Lipinski definition) is 3. The Morgan fingerprint density at radius 2 is 2.29 bits per heavy atom. The maximum absolute atomic E-state index is 10.8. The van der Waals surface area contributed by atoms with Crippen LogP contribution in [0, 0.1) is 17.2 Å². The second kappa shape index (κ2) is 5.61. The van der Waals surface area contributed by atoms with Crippen molar-refractivity contribution in [2.45, 2.75) is 38.1 Å². The molecule has 14 heavy (non-hydrogen) atoms. The summed E-state index contributed by atoms with van der Waals surface area (Å²) in [5.41, 5.74) is 0. The predicted octanol–water partition coefficient (Wildman–Crippen LogP) is 1.13. The normalized spacial score (nSPS) is 17.4. The van der Waals surface area contributed by atoms with E-state index in [1.165, 1.54) is 0 Å². The summed E-state index contributed by atoms with van der Waals surface area (Å²) in [4.78, 5) is 10.8. The Balaban J connectivity index is 2.08. The lowest BCUT2D eigenvalue weighted by molar-refractivity contribution is -0.140. The molecule has 4 heteroatoms. The van der Waals surface area contributed by atoms with Crippen LogP contribution < -0.4 is 5.32 Å². The van der Waals surface area contributed by atoms with Crippen molar-refractivity contribution in [1.82, 2.24) is 5.32 Å². The zero-order valence-electron chi connectivity index (χ0n) is 8.20. The third kappa shape index (κ3) is 3.75. The van der Waals surface area contributed by atoms with Crippen LogP contribution in [-0.2, 0) is 4.79 Å². The molecule has 0 bridgehead atoms. The lowest BCUT2D eigenvalue weighted by Gasteiger charge is -2.12. The predicted molar refractivity (Wildman–Crippen MR) is 51.6 cm³/mol. The molecule has 78 valence electrons. The number of nitrogens with zero attached hydrogens (tertiary/aromatic N) is 1. The first-order valence-electron chi connectivity index (χ1n) is 5.09. The van der Waals surface area contributed by atoms with Gasteiger partial charge in [-0.1, -0.05) is 0 Å². The number of carboxylic acids is 1. The maximum atomic E-state index is 10.8. The van der Waals surface area contributed by atoms with Gasteiger partial charge in [-0.05, 0) is 38.1 Å². The van der Waals surface area contributed by atoms with Crippen molar-refractivity contribution in [3.8, 4) is 6.07 Å². The van der Waals surface area contributed by atoms with Crippen molar-refractivity contribution in [3.05, 3.63) is 0 Å². The quantitative estimate of drug-likeness (QED) is 0.599. The highest BCUT2D eigenvalue weighted by Crippen LogP contribution is 2.32. The van der Waals surface area contributed by atoms with E-state index < -0.39 is 5.97 Å². The van der Waals surface area contributed by atoms with Crippen LogP contribution >= 0.6 is 0 Å². The summed E-state index contributed by atoms with van der Waals surface area (Å²) in [6, 6.07) is 1.71. The van der Waals surface area contributed by atoms with Crippen molar-refractivity contribution in [3.63, 3.8) is 0 Å². The van der Waals surface area contributed by atoms with Gasteiger partial charge in [-0.15, -0.1) is 0 Å². The second-order valence-electron chi connectivity index (χ2n) is 3.72. The highest BCUT2D eigenvalue weighted by Gasteiger charge is 2.35. The van der Waals surface area contributed by atoms with E-state index in [0.717, 1.165) is 25.7 Å². The highest BCUT2D eigenvalue weighted by molar-refractivity contribution is 5.74. The zero-order chi connectivity index (χ0) is 10.4. The molecule has 1 atom stereocenters. The van der Waals surface area contributed by atoms with Crippen molar-refractivity contribution < 1.29 is 9.90 Å². The average Bonchev–Trinajstić information content (AvgIpc) is 2.94. The first-order chi connectivity index (χ1) is 6.75. The van der Waals surface area contributed by atoms with Crippen molar-refractivity contribution in [1.29, 1.82) is 5.26 Å². The minimum atomic E-state index is -0.743. The molecule has 0 aromatic rings. The molecule has 0 amide bonds. The fraction of sp³-hybridized carbons (Fsp3) is 0.800. The molecule has 0 saturated heterocycles. The fourth-order valence-electron chi connectivity index (χ4n) is 1.47. The lowest BCUT2D eigenvalue weighted by Crippen LogP contribution is -2.39. The second-order valence-corrected chi connectivity index (χ2v) is 3.72. The van der Waals surface area contributed by atoms with Gasteiger partial charge in [0.1, 0.15) is 6.04 Å². The van der Waals surface area contributed by atoms with E-state index in [9.17, 15) is 4.79 Å². The summed E-state index contributed by atoms with van der Waals surface area (Å²) in [5.74, 6) is -0.406. The first kappa shape index (κ1) is 11.0. The largest absolute Gasteiger partial charge is 0.480 e. The van der Waals surface area contributed by atoms with Crippen LogP contribution in [0.3, 0.4) is 0 Å². The van der Waals surface area contributed by atoms with Gasteiger partial charge in [-0.2, -0.15) is 5.26 Å². The van der Waals surface area contributed by atoms with Gasteiger partial charge in [-0.25, -0.2) is 0 Å². The van der Waals surface area contributed by atoms with Crippen LogP contribution in [0.25, 0.3) is 0 Å². The van der Waals surface area contributed by atoms with Gasteiger partial charge in [0.15, 0.2) is 0 Å². The van der Waals surface area contributed by atoms with Gasteiger partial charge in [0.25, 0.3) is 0 Å². The van der Waals surface area contributed by atoms with Crippen molar-refractivity contribution in [2.24, 2.45) is 5.92 Å². The number of nitriles is 1. The van der Waals surface area contributed by atoms with Gasteiger partial charge in [0.2, 0.25) is 0 Å². The Bertz CT molecular complexity index is 231. The Morgan fingerprint density at radius 1 is 1.57 bits per heavy atom. The molecule has 1 fully saturated rings. The highest BCUT2D eigenvalue weighted by atomic mass is 16.4. The van der Waals surface area contributed by atoms with Crippen LogP contribution in [0.15, 0.2) is 0 Å². The van der Waals surface area contributed by atoms with Gasteiger partial charge in [0, 0.05) is 6.42 Å². The summed E-state index contributed by atoms with van der Waals surface area (Å²) in [6.45, 7) is 0.704. The minimum Gasteiger partial charge on any atom is -0.480 e. The molecule has 1 rings (SSSR count). The zero-order valence-corrected chi connectivity index (χ0v) is 8.20. The third-order valence-electron chi connectivity index (χ3n) is 2.44. The molecule has 1 aliphatic rings. The van der Waals surface area contributed by atoms with E-state index in [4.69, 9.17) is 10.4 Å². The summed E-state index contributed by atoms with van der Waals surface area (Å²) in [6.07, 6.45) is 4.34. The van der Waals surface area contributed by atoms with E-state index in [1.54, 1.807) is 0 Å². The third-order valence-corrected chi connectivity index (χ3v) is 2.44. The summed E-state index contributed by atoms with van der Waals surface area (Å²) < 4.78 is 0. The molecule has 1 unspecified atom stereocenters. The van der Waals surface area contributed by atoms with Gasteiger partial charge >= 0.3 is 5.97 Å². The van der Waals surface area contributed by atoms with Crippen LogP contribution in [0.1, 0.15) is 32.1 Å². The molecule has 0 spiro atoms. The van der Waals surface area contributed by atoms with E-state index in [1.807, 2.05) is 0 Å². The van der Waals surface area contributed by atoms with E-state index >= 15 is 0 Å². The molecule has 4 nitrogen and oxygen atoms in total. The summed E-state index contributed by atoms with van der Waals surface area (Å²) in [7, 11) is 0. The van der Waals surface area contributed by atoms with Gasteiger partial charge in [-0.3, -0.25) is 4.79 Å². The summed E-state index contributed by atoms with van der Waals surface area (Å²) >= 11 is 0. The Kier molecular flexibility index (Phi) is 4.41. The molecule has 0 aromatic carbocycles. The number of carbonyl (C=O) groups is 1. The van der Waals surface area contributed by atoms with Crippen molar-refractivity contribution >= 4 is 5.97 Å². The number of aliphatic carboxylic acids is 1. The van der Waals surface area contributed by atoms with Crippen LogP contribution in [0.4, 0.5) is 0 Å². The number of nitrogens with one attached hydrogen (secondary N) is 1. The monoisotopic (exact) mass is 196 g/mol. The molecule has 0 radical (unpaired) electrons. The number of unbranched alkanes of at least 4 members (excludes halogenated alkanes) is 2. The molecular formula is C10H16N2O2. The number of hydrogen-bond donors (Lipinski definition) is 2. The summed E-state index contributed by atoms with van der Waals surface area (Å²) in [5, 5.41) is 20.2. The Labute approximate surface area is 83.9 Å². The Hall–Kier alpha value is -1.08. The SMILES string of the molecule is N#CCCCCNC(C(=O)O)C1CC1. The van der Waals surface area contributed by atoms with Gasteiger partial charge < -0.3 is 10.4 Å². The molecular weight excluding hydrogens is 180 g/mol. The number of rotatable bonds is 7. The molecule has 1 aliphatic carbocycles. The molecule has 0 heterocycles. The van der Waals surface area contributed by atoms with Crippen LogP contribution in [-0.4, -0.2) is 23.7 Å². The minimum absolute atomic E-state index is 0.337. The molecule has 0 aromatic heterocycles. The topological polar surface area (TPSA) is 73.1 Å². The first-order valence-corrected chi connectivity index (χ1v) is 5.09. The molecule has 1 saturated carbocycles. The van der Waals surface area contributed by atoms with Gasteiger partial charge in [0.05, 0.1) is 6.07 Å². The fourth-order valence-corrected chi connectivity index (χ4v) is 1.47. The lowest BCUT2D eigenvalue weighted by atomic mass is 10.1. The number of carboxylic acid groups (broad SMARTS) is 1. The Morgan fingerprint density at radius 3 is 2.79 bits per heavy atom. The van der Waals surface area contributed by atoms with Crippen LogP contribution in [0.5, 0.6) is 0 Å². The maximum Gasteiger partial charge on any atom is 0.320 e. The average molecular weight is 196 g/mol. The van der Waals surface area contributed by atoms with Crippen LogP contribution in [0.2, 0.25) is 0 Å². The van der Waals surface area contributed by atoms with E-state index in [-0.39, 0.29) is 6.04 Å². The van der Waals surface area contributed by atoms with E-state index in [0.29, 0.717) is 18.9 Å². The van der Waals surface area contributed by atoms with E-state index in [2.05, 4.69) is 11.4 Å². The molecule has 0 aliphatic heterocycles.